The maximum Gasteiger partial charge on any atom is 0.0641 e. The Hall–Kier alpha value is -1.37. The summed E-state index contributed by atoms with van der Waals surface area (Å²) in [6, 6.07) is 13.5. The van der Waals surface area contributed by atoms with Crippen molar-refractivity contribution in [2.45, 2.75) is 38.3 Å². The van der Waals surface area contributed by atoms with Crippen molar-refractivity contribution in [2.24, 2.45) is 11.7 Å². The highest BCUT2D eigenvalue weighted by Gasteiger charge is 2.30. The molecular weight excluding hydrogens is 234 g/mol. The number of hydrogen-bond acceptors (Lipinski definition) is 3. The second-order valence-electron chi connectivity index (χ2n) is 5.51. The fourth-order valence-corrected chi connectivity index (χ4v) is 3.03. The molecule has 1 aromatic carbocycles. The van der Waals surface area contributed by atoms with E-state index in [1.165, 1.54) is 18.4 Å². The molecule has 1 aliphatic heterocycles. The first-order valence-electron chi connectivity index (χ1n) is 7.14. The summed E-state index contributed by atoms with van der Waals surface area (Å²) in [6.07, 6.45) is 2.94. The van der Waals surface area contributed by atoms with Crippen LogP contribution in [0.2, 0.25) is 0 Å². The van der Waals surface area contributed by atoms with Crippen molar-refractivity contribution in [1.82, 2.24) is 4.90 Å². The minimum atomic E-state index is 0.204. The number of nitrogens with zero attached hydrogens (tertiary/aromatic N) is 2. The van der Waals surface area contributed by atoms with Gasteiger partial charge >= 0.3 is 0 Å². The first-order valence-corrected chi connectivity index (χ1v) is 7.14. The van der Waals surface area contributed by atoms with Crippen molar-refractivity contribution in [3.05, 3.63) is 35.9 Å². The third-order valence-electron chi connectivity index (χ3n) is 4.23. The van der Waals surface area contributed by atoms with E-state index in [0.717, 1.165) is 13.1 Å². The van der Waals surface area contributed by atoms with E-state index in [0.29, 0.717) is 18.4 Å². The summed E-state index contributed by atoms with van der Waals surface area (Å²) in [7, 11) is 0. The number of nitriles is 1. The quantitative estimate of drug-likeness (QED) is 0.902. The van der Waals surface area contributed by atoms with Crippen LogP contribution in [-0.4, -0.2) is 24.0 Å². The van der Waals surface area contributed by atoms with Gasteiger partial charge in [-0.2, -0.15) is 5.26 Å². The fourth-order valence-electron chi connectivity index (χ4n) is 3.03. The standard InChI is InChI=1S/C16H23N3/c1-13-7-8-14(11-18)12-19(13)16(9-10-17)15-5-3-2-4-6-15/h2-6,13-14,16H,7-9,11-12,18H2,1H3. The molecule has 2 N–H and O–H groups in total. The van der Waals surface area contributed by atoms with Crippen LogP contribution in [0.15, 0.2) is 30.3 Å². The van der Waals surface area contributed by atoms with Crippen LogP contribution in [0.1, 0.15) is 37.8 Å². The number of rotatable bonds is 4. The fraction of sp³-hybridized carbons (Fsp3) is 0.562. The third-order valence-corrected chi connectivity index (χ3v) is 4.23. The summed E-state index contributed by atoms with van der Waals surface area (Å²) in [5.41, 5.74) is 7.08. The summed E-state index contributed by atoms with van der Waals surface area (Å²) in [5.74, 6) is 0.570. The van der Waals surface area contributed by atoms with Gasteiger partial charge in [-0.25, -0.2) is 0 Å². The highest BCUT2D eigenvalue weighted by molar-refractivity contribution is 5.20. The van der Waals surface area contributed by atoms with Crippen LogP contribution in [-0.2, 0) is 0 Å². The number of likely N-dealkylation sites (tertiary alicyclic amines) is 1. The van der Waals surface area contributed by atoms with Gasteiger partial charge in [0, 0.05) is 18.6 Å². The van der Waals surface area contributed by atoms with Crippen LogP contribution in [0.5, 0.6) is 0 Å². The molecule has 3 nitrogen and oxygen atoms in total. The monoisotopic (exact) mass is 257 g/mol. The Labute approximate surface area is 116 Å². The maximum absolute atomic E-state index is 9.14. The molecule has 0 amide bonds. The average Bonchev–Trinajstić information content (AvgIpc) is 2.47. The summed E-state index contributed by atoms with van der Waals surface area (Å²) in [5, 5.41) is 9.14. The molecular formula is C16H23N3. The van der Waals surface area contributed by atoms with Gasteiger partial charge in [-0.05, 0) is 37.8 Å². The van der Waals surface area contributed by atoms with Gasteiger partial charge in [-0.1, -0.05) is 30.3 Å². The number of benzene rings is 1. The first-order chi connectivity index (χ1) is 9.26. The van der Waals surface area contributed by atoms with Crippen molar-refractivity contribution < 1.29 is 0 Å². The largest absolute Gasteiger partial charge is 0.330 e. The van der Waals surface area contributed by atoms with Crippen molar-refractivity contribution >= 4 is 0 Å². The molecule has 0 spiro atoms. The zero-order valence-electron chi connectivity index (χ0n) is 11.6. The molecule has 3 unspecified atom stereocenters. The van der Waals surface area contributed by atoms with E-state index >= 15 is 0 Å². The van der Waals surface area contributed by atoms with Gasteiger partial charge in [0.15, 0.2) is 0 Å². The molecule has 2 rings (SSSR count). The normalized spacial score (nSPS) is 25.7. The molecule has 1 saturated heterocycles. The van der Waals surface area contributed by atoms with Crippen molar-refractivity contribution in [2.75, 3.05) is 13.1 Å². The number of hydrogen-bond donors (Lipinski definition) is 1. The molecule has 0 saturated carbocycles. The third kappa shape index (κ3) is 3.34. The predicted octanol–water partition coefficient (Wildman–Crippen LogP) is 2.70. The van der Waals surface area contributed by atoms with Gasteiger partial charge < -0.3 is 5.73 Å². The summed E-state index contributed by atoms with van der Waals surface area (Å²) in [4.78, 5) is 2.47. The van der Waals surface area contributed by atoms with Crippen LogP contribution in [0.4, 0.5) is 0 Å². The van der Waals surface area contributed by atoms with Crippen molar-refractivity contribution in [1.29, 1.82) is 5.26 Å². The van der Waals surface area contributed by atoms with Crippen LogP contribution < -0.4 is 5.73 Å². The summed E-state index contributed by atoms with van der Waals surface area (Å²) in [6.45, 7) is 4.02. The molecule has 1 aliphatic rings. The zero-order chi connectivity index (χ0) is 13.7. The Bertz CT molecular complexity index is 423. The molecule has 102 valence electrons. The Kier molecular flexibility index (Phi) is 4.95. The second kappa shape index (κ2) is 6.70. The molecule has 0 aromatic heterocycles. The van der Waals surface area contributed by atoms with Crippen LogP contribution >= 0.6 is 0 Å². The van der Waals surface area contributed by atoms with E-state index in [-0.39, 0.29) is 6.04 Å². The molecule has 1 fully saturated rings. The molecule has 19 heavy (non-hydrogen) atoms. The van der Waals surface area contributed by atoms with Crippen LogP contribution in [0.3, 0.4) is 0 Å². The van der Waals surface area contributed by atoms with Crippen LogP contribution in [0.25, 0.3) is 0 Å². The Morgan fingerprint density at radius 1 is 1.37 bits per heavy atom. The minimum absolute atomic E-state index is 0.204. The molecule has 0 radical (unpaired) electrons. The van der Waals surface area contributed by atoms with Crippen molar-refractivity contribution in [3.63, 3.8) is 0 Å². The predicted molar refractivity (Wildman–Crippen MR) is 77.4 cm³/mol. The first kappa shape index (κ1) is 14.0. The Balaban J connectivity index is 2.20. The lowest BCUT2D eigenvalue weighted by Gasteiger charge is -2.42. The average molecular weight is 257 g/mol. The second-order valence-corrected chi connectivity index (χ2v) is 5.51. The Morgan fingerprint density at radius 3 is 2.74 bits per heavy atom. The maximum atomic E-state index is 9.14. The van der Waals surface area contributed by atoms with Gasteiger partial charge in [0.1, 0.15) is 0 Å². The summed E-state index contributed by atoms with van der Waals surface area (Å²) < 4.78 is 0. The number of piperidine rings is 1. The molecule has 1 aromatic rings. The van der Waals surface area contributed by atoms with E-state index in [1.54, 1.807) is 0 Å². The highest BCUT2D eigenvalue weighted by atomic mass is 15.2. The van der Waals surface area contributed by atoms with Gasteiger partial charge in [0.25, 0.3) is 0 Å². The van der Waals surface area contributed by atoms with Gasteiger partial charge in [0.2, 0.25) is 0 Å². The summed E-state index contributed by atoms with van der Waals surface area (Å²) >= 11 is 0. The molecule has 0 aliphatic carbocycles. The lowest BCUT2D eigenvalue weighted by Crippen LogP contribution is -2.45. The molecule has 0 bridgehead atoms. The van der Waals surface area contributed by atoms with E-state index in [4.69, 9.17) is 11.0 Å². The van der Waals surface area contributed by atoms with Crippen molar-refractivity contribution in [3.8, 4) is 6.07 Å². The van der Waals surface area contributed by atoms with Gasteiger partial charge in [-0.15, -0.1) is 0 Å². The zero-order valence-corrected chi connectivity index (χ0v) is 11.6. The molecule has 1 heterocycles. The highest BCUT2D eigenvalue weighted by Crippen LogP contribution is 2.32. The molecule has 3 atom stereocenters. The number of nitrogens with two attached hydrogens (primary N) is 1. The topological polar surface area (TPSA) is 53.0 Å². The lowest BCUT2D eigenvalue weighted by molar-refractivity contribution is 0.0750. The van der Waals surface area contributed by atoms with E-state index in [9.17, 15) is 0 Å². The SMILES string of the molecule is CC1CCC(CN)CN1C(CC#N)c1ccccc1. The lowest BCUT2D eigenvalue weighted by atomic mass is 9.90. The Morgan fingerprint density at radius 2 is 2.11 bits per heavy atom. The smallest absolute Gasteiger partial charge is 0.0641 e. The van der Waals surface area contributed by atoms with E-state index < -0.39 is 0 Å². The van der Waals surface area contributed by atoms with Gasteiger partial charge in [0.05, 0.1) is 12.5 Å². The van der Waals surface area contributed by atoms with E-state index in [1.807, 2.05) is 6.07 Å². The van der Waals surface area contributed by atoms with Crippen LogP contribution in [0, 0.1) is 17.2 Å². The van der Waals surface area contributed by atoms with E-state index in [2.05, 4.69) is 42.2 Å². The molecule has 3 heteroatoms. The minimum Gasteiger partial charge on any atom is -0.330 e. The van der Waals surface area contributed by atoms with Gasteiger partial charge in [-0.3, -0.25) is 4.90 Å².